The Bertz CT molecular complexity index is 1260. The van der Waals surface area contributed by atoms with Crippen LogP contribution in [0.4, 0.5) is 16.0 Å². The van der Waals surface area contributed by atoms with Gasteiger partial charge in [0.15, 0.2) is 0 Å². The third kappa shape index (κ3) is 3.47. The summed E-state index contributed by atoms with van der Waals surface area (Å²) in [4.78, 5) is 12.7. The lowest BCUT2D eigenvalue weighted by Crippen LogP contribution is -2.19. The molecule has 3 atom stereocenters. The number of aromatic nitrogens is 4. The first-order valence-corrected chi connectivity index (χ1v) is 9.67. The monoisotopic (exact) mass is 414 g/mol. The van der Waals surface area contributed by atoms with E-state index in [0.717, 1.165) is 5.69 Å². The van der Waals surface area contributed by atoms with Gasteiger partial charge in [-0.2, -0.15) is 10.5 Å². The number of fused-ring (bicyclic) bond motifs is 1. The Morgan fingerprint density at radius 1 is 1.26 bits per heavy atom. The highest BCUT2D eigenvalue weighted by Crippen LogP contribution is 2.36. The lowest BCUT2D eigenvalue weighted by atomic mass is 9.94. The Balaban J connectivity index is 1.86. The first-order chi connectivity index (χ1) is 14.9. The third-order valence-electron chi connectivity index (χ3n) is 5.28. The quantitative estimate of drug-likeness (QED) is 0.667. The Hall–Kier alpha value is -4.24. The second-order valence-corrected chi connectivity index (χ2v) is 7.29. The molecule has 4 rings (SSSR count). The second-order valence-electron chi connectivity index (χ2n) is 7.29. The molecule has 154 valence electrons. The summed E-state index contributed by atoms with van der Waals surface area (Å²) in [7, 11) is 0. The summed E-state index contributed by atoms with van der Waals surface area (Å²) < 4.78 is 16.4. The lowest BCUT2D eigenvalue weighted by Gasteiger charge is -2.23. The van der Waals surface area contributed by atoms with E-state index in [9.17, 15) is 14.9 Å². The fraction of sp³-hybridized carbons (Fsp3) is 0.227. The average molecular weight is 414 g/mol. The van der Waals surface area contributed by atoms with Gasteiger partial charge in [0, 0.05) is 11.6 Å². The van der Waals surface area contributed by atoms with Crippen molar-refractivity contribution in [3.63, 3.8) is 0 Å². The van der Waals surface area contributed by atoms with Gasteiger partial charge in [0.1, 0.15) is 41.6 Å². The minimum Gasteiger partial charge on any atom is -0.382 e. The van der Waals surface area contributed by atoms with Gasteiger partial charge in [-0.3, -0.25) is 4.57 Å². The van der Waals surface area contributed by atoms with Crippen LogP contribution in [-0.4, -0.2) is 25.7 Å². The molecule has 2 aromatic heterocycles. The number of alkyl halides is 1. The van der Waals surface area contributed by atoms with Gasteiger partial charge in [-0.15, -0.1) is 0 Å². The maximum Gasteiger partial charge on any atom is 0.150 e. The summed E-state index contributed by atoms with van der Waals surface area (Å²) in [6.07, 6.45) is 3.30. The van der Waals surface area contributed by atoms with Crippen LogP contribution in [0.5, 0.6) is 0 Å². The van der Waals surface area contributed by atoms with E-state index >= 15 is 0 Å². The summed E-state index contributed by atoms with van der Waals surface area (Å²) in [6.45, 7) is 3.67. The van der Waals surface area contributed by atoms with Gasteiger partial charge in [0.25, 0.3) is 0 Å². The van der Waals surface area contributed by atoms with Crippen molar-refractivity contribution in [2.24, 2.45) is 0 Å². The number of hydrogen-bond acceptors (Lipinski definition) is 7. The van der Waals surface area contributed by atoms with Crippen LogP contribution in [-0.2, 0) is 0 Å². The zero-order valence-electron chi connectivity index (χ0n) is 16.9. The molecule has 2 heterocycles. The van der Waals surface area contributed by atoms with E-state index in [4.69, 9.17) is 10.7 Å². The minimum absolute atomic E-state index is 0.0772. The minimum atomic E-state index is -1.15. The number of allylic oxidation sites excluding steroid dienone is 1. The largest absolute Gasteiger partial charge is 0.382 e. The number of nitrogens with one attached hydrogen (secondary N) is 1. The lowest BCUT2D eigenvalue weighted by molar-refractivity contribution is 0.345. The molecule has 3 aromatic rings. The molecular formula is C22H19FN8. The molecule has 0 saturated heterocycles. The molecule has 0 saturated carbocycles. The van der Waals surface area contributed by atoms with E-state index in [-0.39, 0.29) is 17.2 Å². The smallest absolute Gasteiger partial charge is 0.150 e. The summed E-state index contributed by atoms with van der Waals surface area (Å²) in [5, 5.41) is 21.9. The predicted octanol–water partition coefficient (Wildman–Crippen LogP) is 3.63. The van der Waals surface area contributed by atoms with Crippen molar-refractivity contribution in [3.8, 4) is 17.8 Å². The van der Waals surface area contributed by atoms with Crippen molar-refractivity contribution >= 4 is 17.7 Å². The van der Waals surface area contributed by atoms with Gasteiger partial charge >= 0.3 is 0 Å². The number of nitrogens with two attached hydrogens (primary N) is 1. The van der Waals surface area contributed by atoms with Crippen molar-refractivity contribution < 1.29 is 4.39 Å². The van der Waals surface area contributed by atoms with E-state index in [0.29, 0.717) is 22.8 Å². The van der Waals surface area contributed by atoms with E-state index in [2.05, 4.69) is 21.4 Å². The number of nitriles is 2. The van der Waals surface area contributed by atoms with Gasteiger partial charge in [0.05, 0.1) is 29.1 Å². The number of anilines is 2. The summed E-state index contributed by atoms with van der Waals surface area (Å²) in [5.41, 5.74) is 8.50. The zero-order valence-corrected chi connectivity index (χ0v) is 16.9. The first kappa shape index (κ1) is 20.0. The van der Waals surface area contributed by atoms with E-state index < -0.39 is 18.1 Å². The number of benzene rings is 1. The Morgan fingerprint density at radius 3 is 2.81 bits per heavy atom. The SMILES string of the molecule is CC(Nc1ncnc(N)c1C#N)c1nc2c(n1-c1cccc(C#N)c1)C(C)C(F)C=C2. The number of nitrogen functional groups attached to an aromatic ring is 1. The molecule has 0 bridgehead atoms. The molecular weight excluding hydrogens is 395 g/mol. The summed E-state index contributed by atoms with van der Waals surface area (Å²) in [6, 6.07) is 10.8. The molecule has 1 aromatic carbocycles. The van der Waals surface area contributed by atoms with Crippen LogP contribution in [0.2, 0.25) is 0 Å². The van der Waals surface area contributed by atoms with E-state index in [1.165, 1.54) is 12.4 Å². The van der Waals surface area contributed by atoms with Crippen LogP contribution in [0.1, 0.15) is 54.1 Å². The summed E-state index contributed by atoms with van der Waals surface area (Å²) in [5.74, 6) is 0.524. The van der Waals surface area contributed by atoms with Crippen molar-refractivity contribution in [1.82, 2.24) is 19.5 Å². The second kappa shape index (κ2) is 7.88. The van der Waals surface area contributed by atoms with Crippen LogP contribution in [0, 0.1) is 22.7 Å². The van der Waals surface area contributed by atoms with Gasteiger partial charge in [-0.1, -0.05) is 13.0 Å². The van der Waals surface area contributed by atoms with Crippen LogP contribution >= 0.6 is 0 Å². The molecule has 3 unspecified atom stereocenters. The van der Waals surface area contributed by atoms with Crippen molar-refractivity contribution in [3.05, 3.63) is 65.0 Å². The van der Waals surface area contributed by atoms with Crippen LogP contribution in [0.15, 0.2) is 36.7 Å². The normalized spacial score (nSPS) is 18.0. The molecule has 31 heavy (non-hydrogen) atoms. The topological polar surface area (TPSA) is 129 Å². The fourth-order valence-electron chi connectivity index (χ4n) is 3.69. The zero-order chi connectivity index (χ0) is 22.1. The molecule has 9 heteroatoms. The summed E-state index contributed by atoms with van der Waals surface area (Å²) >= 11 is 0. The highest BCUT2D eigenvalue weighted by molar-refractivity contribution is 5.63. The number of rotatable bonds is 4. The molecule has 8 nitrogen and oxygen atoms in total. The third-order valence-corrected chi connectivity index (χ3v) is 5.28. The number of hydrogen-bond donors (Lipinski definition) is 2. The van der Waals surface area contributed by atoms with Crippen molar-refractivity contribution in [1.29, 1.82) is 10.5 Å². The fourth-order valence-corrected chi connectivity index (χ4v) is 3.69. The van der Waals surface area contributed by atoms with Gasteiger partial charge in [-0.05, 0) is 37.3 Å². The first-order valence-electron chi connectivity index (χ1n) is 9.67. The number of halogens is 1. The standard InChI is InChI=1S/C22H19FN8/c1-12-17(23)6-7-18-19(12)31(15-5-3-4-14(8-15)9-24)22(30-18)13(2)29-21-16(10-25)20(26)27-11-28-21/h3-8,11-13,17H,1-2H3,(H3,26,27,28,29). The predicted molar refractivity (Wildman–Crippen MR) is 114 cm³/mol. The van der Waals surface area contributed by atoms with E-state index in [1.54, 1.807) is 31.2 Å². The molecule has 0 radical (unpaired) electrons. The molecule has 1 aliphatic carbocycles. The van der Waals surface area contributed by atoms with Crippen LogP contribution in [0.25, 0.3) is 11.8 Å². The highest BCUT2D eigenvalue weighted by atomic mass is 19.1. The maximum atomic E-state index is 14.5. The van der Waals surface area contributed by atoms with Crippen LogP contribution in [0.3, 0.4) is 0 Å². The maximum absolute atomic E-state index is 14.5. The Kier molecular flexibility index (Phi) is 5.10. The molecule has 1 aliphatic rings. The molecule has 3 N–H and O–H groups in total. The molecule has 0 aliphatic heterocycles. The van der Waals surface area contributed by atoms with Crippen molar-refractivity contribution in [2.45, 2.75) is 32.0 Å². The van der Waals surface area contributed by atoms with Crippen LogP contribution < -0.4 is 11.1 Å². The molecule has 0 fully saturated rings. The van der Waals surface area contributed by atoms with Gasteiger partial charge < -0.3 is 11.1 Å². The molecule has 0 amide bonds. The highest BCUT2D eigenvalue weighted by Gasteiger charge is 2.31. The van der Waals surface area contributed by atoms with Gasteiger partial charge in [-0.25, -0.2) is 19.3 Å². The van der Waals surface area contributed by atoms with E-state index in [1.807, 2.05) is 23.6 Å². The Morgan fingerprint density at radius 2 is 2.06 bits per heavy atom. The number of imidazole rings is 1. The van der Waals surface area contributed by atoms with Gasteiger partial charge in [0.2, 0.25) is 0 Å². The molecule has 0 spiro atoms. The van der Waals surface area contributed by atoms with Crippen molar-refractivity contribution in [2.75, 3.05) is 11.1 Å². The number of nitrogens with zero attached hydrogens (tertiary/aromatic N) is 6. The average Bonchev–Trinajstić information content (AvgIpc) is 3.17. The Labute approximate surface area is 178 Å².